The Labute approximate surface area is 119 Å². The zero-order valence-corrected chi connectivity index (χ0v) is 12.1. The van der Waals surface area contributed by atoms with Gasteiger partial charge in [-0.3, -0.25) is 0 Å². The van der Waals surface area contributed by atoms with E-state index in [1.54, 1.807) is 11.8 Å². The minimum absolute atomic E-state index is 0.249. The van der Waals surface area contributed by atoms with E-state index in [4.69, 9.17) is 15.6 Å². The predicted octanol–water partition coefficient (Wildman–Crippen LogP) is 1.74. The molecule has 0 amide bonds. The van der Waals surface area contributed by atoms with Gasteiger partial charge >= 0.3 is 0 Å². The van der Waals surface area contributed by atoms with E-state index in [0.717, 1.165) is 22.8 Å². The minimum Gasteiger partial charge on any atom is -0.493 e. The van der Waals surface area contributed by atoms with E-state index >= 15 is 0 Å². The molecule has 0 aliphatic rings. The number of thioether (sulfide) groups is 1. The fourth-order valence-electron chi connectivity index (χ4n) is 1.34. The SMILES string of the molecule is CC(CO)CSCCOc1ccc(C#CCN)cc1. The lowest BCUT2D eigenvalue weighted by atomic mass is 10.2. The first-order valence-corrected chi connectivity index (χ1v) is 7.52. The third kappa shape index (κ3) is 7.12. The third-order valence-electron chi connectivity index (χ3n) is 2.40. The molecule has 0 saturated heterocycles. The second-order valence-electron chi connectivity index (χ2n) is 4.24. The van der Waals surface area contributed by atoms with Crippen molar-refractivity contribution in [3.05, 3.63) is 29.8 Å². The molecule has 4 heteroatoms. The van der Waals surface area contributed by atoms with Crippen LogP contribution in [0.4, 0.5) is 0 Å². The van der Waals surface area contributed by atoms with E-state index in [2.05, 4.69) is 11.8 Å². The Kier molecular flexibility index (Phi) is 8.15. The van der Waals surface area contributed by atoms with Gasteiger partial charge in [-0.1, -0.05) is 18.8 Å². The quantitative estimate of drug-likeness (QED) is 0.589. The summed E-state index contributed by atoms with van der Waals surface area (Å²) in [7, 11) is 0. The molecule has 3 N–H and O–H groups in total. The first-order valence-electron chi connectivity index (χ1n) is 6.36. The molecule has 0 spiro atoms. The average Bonchev–Trinajstić information content (AvgIpc) is 2.45. The Morgan fingerprint density at radius 1 is 1.37 bits per heavy atom. The Balaban J connectivity index is 2.23. The molecular formula is C15H21NO2S. The van der Waals surface area contributed by atoms with E-state index in [1.165, 1.54) is 0 Å². The summed E-state index contributed by atoms with van der Waals surface area (Å²) in [5.41, 5.74) is 6.26. The molecule has 1 atom stereocenters. The first-order chi connectivity index (χ1) is 9.26. The molecule has 0 aromatic heterocycles. The average molecular weight is 279 g/mol. The molecule has 1 aromatic carbocycles. The van der Waals surface area contributed by atoms with Crippen molar-refractivity contribution in [2.45, 2.75) is 6.92 Å². The lowest BCUT2D eigenvalue weighted by molar-refractivity contribution is 0.250. The van der Waals surface area contributed by atoms with Crippen LogP contribution in [0.1, 0.15) is 12.5 Å². The van der Waals surface area contributed by atoms with Gasteiger partial charge in [-0.25, -0.2) is 0 Å². The Hall–Kier alpha value is -1.15. The van der Waals surface area contributed by atoms with E-state index in [0.29, 0.717) is 19.1 Å². The molecule has 0 aliphatic heterocycles. The lowest BCUT2D eigenvalue weighted by Gasteiger charge is -2.08. The molecule has 0 radical (unpaired) electrons. The van der Waals surface area contributed by atoms with Crippen molar-refractivity contribution in [2.24, 2.45) is 11.7 Å². The molecule has 1 rings (SSSR count). The van der Waals surface area contributed by atoms with Gasteiger partial charge < -0.3 is 15.6 Å². The maximum Gasteiger partial charge on any atom is 0.119 e. The molecule has 1 aromatic rings. The summed E-state index contributed by atoms with van der Waals surface area (Å²) in [5.74, 6) is 8.88. The topological polar surface area (TPSA) is 55.5 Å². The van der Waals surface area contributed by atoms with Gasteiger partial charge in [0.25, 0.3) is 0 Å². The monoisotopic (exact) mass is 279 g/mol. The van der Waals surface area contributed by atoms with Gasteiger partial charge in [-0.15, -0.1) is 0 Å². The number of rotatable bonds is 7. The van der Waals surface area contributed by atoms with Crippen LogP contribution < -0.4 is 10.5 Å². The smallest absolute Gasteiger partial charge is 0.119 e. The molecule has 19 heavy (non-hydrogen) atoms. The maximum atomic E-state index is 8.89. The maximum absolute atomic E-state index is 8.89. The van der Waals surface area contributed by atoms with Crippen molar-refractivity contribution in [3.63, 3.8) is 0 Å². The number of nitrogens with two attached hydrogens (primary N) is 1. The van der Waals surface area contributed by atoms with E-state index in [1.807, 2.05) is 31.2 Å². The summed E-state index contributed by atoms with van der Waals surface area (Å²) in [6.07, 6.45) is 0. The minimum atomic E-state index is 0.249. The largest absolute Gasteiger partial charge is 0.493 e. The molecule has 0 bridgehead atoms. The second-order valence-corrected chi connectivity index (χ2v) is 5.39. The Morgan fingerprint density at radius 2 is 2.11 bits per heavy atom. The highest BCUT2D eigenvalue weighted by Gasteiger charge is 2.00. The Bertz CT molecular complexity index is 408. The molecule has 104 valence electrons. The highest BCUT2D eigenvalue weighted by Crippen LogP contribution is 2.13. The third-order valence-corrected chi connectivity index (χ3v) is 3.66. The summed E-state index contributed by atoms with van der Waals surface area (Å²) in [4.78, 5) is 0. The Morgan fingerprint density at radius 3 is 2.74 bits per heavy atom. The molecule has 1 unspecified atom stereocenters. The second kappa shape index (κ2) is 9.74. The molecule has 0 fully saturated rings. The molecule has 3 nitrogen and oxygen atoms in total. The van der Waals surface area contributed by atoms with Crippen LogP contribution in [0.5, 0.6) is 5.75 Å². The highest BCUT2D eigenvalue weighted by molar-refractivity contribution is 7.99. The zero-order valence-electron chi connectivity index (χ0n) is 11.3. The number of ether oxygens (including phenoxy) is 1. The van der Waals surface area contributed by atoms with Crippen molar-refractivity contribution in [1.82, 2.24) is 0 Å². The van der Waals surface area contributed by atoms with E-state index in [9.17, 15) is 0 Å². The van der Waals surface area contributed by atoms with Crippen LogP contribution in [0.25, 0.3) is 0 Å². The van der Waals surface area contributed by atoms with Gasteiger partial charge in [0.05, 0.1) is 13.2 Å². The van der Waals surface area contributed by atoms with Gasteiger partial charge in [0.2, 0.25) is 0 Å². The highest BCUT2D eigenvalue weighted by atomic mass is 32.2. The summed E-state index contributed by atoms with van der Waals surface area (Å²) >= 11 is 1.80. The van der Waals surface area contributed by atoms with Gasteiger partial charge in [-0.05, 0) is 35.9 Å². The van der Waals surface area contributed by atoms with Crippen molar-refractivity contribution in [1.29, 1.82) is 0 Å². The fourth-order valence-corrected chi connectivity index (χ4v) is 2.22. The van der Waals surface area contributed by atoms with Crippen LogP contribution in [0.3, 0.4) is 0 Å². The van der Waals surface area contributed by atoms with Crippen molar-refractivity contribution < 1.29 is 9.84 Å². The van der Waals surface area contributed by atoms with Crippen molar-refractivity contribution in [2.75, 3.05) is 31.3 Å². The summed E-state index contributed by atoms with van der Waals surface area (Å²) < 4.78 is 5.62. The number of aliphatic hydroxyl groups excluding tert-OH is 1. The molecule has 0 heterocycles. The fraction of sp³-hybridized carbons (Fsp3) is 0.467. The van der Waals surface area contributed by atoms with Crippen LogP contribution in [-0.2, 0) is 0 Å². The molecule has 0 saturated carbocycles. The van der Waals surface area contributed by atoms with E-state index < -0.39 is 0 Å². The lowest BCUT2D eigenvalue weighted by Crippen LogP contribution is -2.06. The molecule has 0 aliphatic carbocycles. The standard InChI is InChI=1S/C15H21NO2S/c1-13(11-17)12-19-10-9-18-15-6-4-14(5-7-15)3-2-8-16/h4-7,13,17H,8-12,16H2,1H3. The summed E-state index contributed by atoms with van der Waals surface area (Å²) in [6, 6.07) is 7.70. The van der Waals surface area contributed by atoms with Crippen LogP contribution in [0, 0.1) is 17.8 Å². The first kappa shape index (κ1) is 15.9. The number of aliphatic hydroxyl groups is 1. The van der Waals surface area contributed by atoms with E-state index in [-0.39, 0.29) is 6.61 Å². The summed E-state index contributed by atoms with van der Waals surface area (Å²) in [5, 5.41) is 8.89. The predicted molar refractivity (Wildman–Crippen MR) is 81.4 cm³/mol. The number of hydrogen-bond acceptors (Lipinski definition) is 4. The van der Waals surface area contributed by atoms with Crippen LogP contribution in [-0.4, -0.2) is 36.4 Å². The number of hydrogen-bond donors (Lipinski definition) is 2. The van der Waals surface area contributed by atoms with Gasteiger partial charge in [-0.2, -0.15) is 11.8 Å². The number of benzene rings is 1. The van der Waals surface area contributed by atoms with Crippen LogP contribution in [0.2, 0.25) is 0 Å². The van der Waals surface area contributed by atoms with Crippen LogP contribution >= 0.6 is 11.8 Å². The van der Waals surface area contributed by atoms with Gasteiger partial charge in [0.15, 0.2) is 0 Å². The van der Waals surface area contributed by atoms with Gasteiger partial charge in [0, 0.05) is 17.9 Å². The molecular weight excluding hydrogens is 258 g/mol. The zero-order chi connectivity index (χ0) is 13.9. The van der Waals surface area contributed by atoms with Gasteiger partial charge in [0.1, 0.15) is 5.75 Å². The van der Waals surface area contributed by atoms with Crippen LogP contribution in [0.15, 0.2) is 24.3 Å². The van der Waals surface area contributed by atoms with Crippen molar-refractivity contribution in [3.8, 4) is 17.6 Å². The summed E-state index contributed by atoms with van der Waals surface area (Å²) in [6.45, 7) is 3.34. The normalized spacial score (nSPS) is 11.5. The van der Waals surface area contributed by atoms with Crippen molar-refractivity contribution >= 4 is 11.8 Å².